The summed E-state index contributed by atoms with van der Waals surface area (Å²) in [6, 6.07) is 5.31. The number of para-hydroxylation sites is 1. The molecule has 5 nitrogen and oxygen atoms in total. The Labute approximate surface area is 113 Å². The van der Waals surface area contributed by atoms with Gasteiger partial charge in [0.15, 0.2) is 0 Å². The fraction of sp³-hybridized carbons (Fsp3) is 0.500. The van der Waals surface area contributed by atoms with Crippen LogP contribution in [0.2, 0.25) is 0 Å². The number of nitrogens with zero attached hydrogens (tertiary/aromatic N) is 1. The van der Waals surface area contributed by atoms with Crippen LogP contribution in [-0.2, 0) is 0 Å². The van der Waals surface area contributed by atoms with Gasteiger partial charge in [-0.05, 0) is 38.3 Å². The van der Waals surface area contributed by atoms with E-state index in [1.54, 1.807) is 12.1 Å². The molecule has 1 heterocycles. The van der Waals surface area contributed by atoms with E-state index in [1.807, 2.05) is 13.0 Å². The second-order valence-corrected chi connectivity index (χ2v) is 5.44. The smallest absolute Gasteiger partial charge is 0.250 e. The normalized spacial score (nSPS) is 24.0. The van der Waals surface area contributed by atoms with Crippen molar-refractivity contribution in [2.24, 2.45) is 5.73 Å². The Morgan fingerprint density at radius 2 is 2.11 bits per heavy atom. The Balaban J connectivity index is 2.27. The first-order valence-corrected chi connectivity index (χ1v) is 6.56. The number of primary amides is 1. The van der Waals surface area contributed by atoms with Crippen molar-refractivity contribution in [1.29, 1.82) is 0 Å². The van der Waals surface area contributed by atoms with Crippen molar-refractivity contribution in [1.82, 2.24) is 0 Å². The number of carbonyl (C=O) groups excluding carboxylic acids is 1. The van der Waals surface area contributed by atoms with E-state index in [0.29, 0.717) is 17.7 Å². The predicted octanol–water partition coefficient (Wildman–Crippen LogP) is 1.11. The van der Waals surface area contributed by atoms with E-state index in [2.05, 4.69) is 4.90 Å². The topological polar surface area (TPSA) is 92.6 Å². The highest BCUT2D eigenvalue weighted by atomic mass is 16.3. The van der Waals surface area contributed by atoms with Crippen LogP contribution in [0.15, 0.2) is 18.2 Å². The number of hydrogen-bond donors (Lipinski definition) is 3. The molecule has 1 unspecified atom stereocenters. The molecule has 1 aromatic carbocycles. The van der Waals surface area contributed by atoms with Crippen molar-refractivity contribution in [2.45, 2.75) is 31.8 Å². The minimum absolute atomic E-state index is 0.355. The first-order valence-electron chi connectivity index (χ1n) is 6.56. The quantitative estimate of drug-likeness (QED) is 0.697. The molecule has 2 rings (SSSR count). The maximum Gasteiger partial charge on any atom is 0.250 e. The van der Waals surface area contributed by atoms with Crippen LogP contribution in [-0.4, -0.2) is 29.7 Å². The van der Waals surface area contributed by atoms with Crippen LogP contribution in [0.1, 0.15) is 36.5 Å². The highest BCUT2D eigenvalue weighted by Gasteiger charge is 2.26. The molecule has 0 radical (unpaired) electrons. The number of benzene rings is 1. The van der Waals surface area contributed by atoms with E-state index < -0.39 is 11.5 Å². The highest BCUT2D eigenvalue weighted by Crippen LogP contribution is 2.30. The molecule has 0 aromatic heterocycles. The summed E-state index contributed by atoms with van der Waals surface area (Å²) < 4.78 is 0. The van der Waals surface area contributed by atoms with Crippen molar-refractivity contribution in [3.63, 3.8) is 0 Å². The first-order chi connectivity index (χ1) is 8.91. The van der Waals surface area contributed by atoms with Gasteiger partial charge in [-0.2, -0.15) is 0 Å². The van der Waals surface area contributed by atoms with Crippen molar-refractivity contribution in [3.05, 3.63) is 23.8 Å². The molecule has 1 aromatic rings. The maximum absolute atomic E-state index is 11.3. The molecule has 0 saturated carbocycles. The molecule has 0 aliphatic carbocycles. The van der Waals surface area contributed by atoms with Crippen molar-refractivity contribution in [3.8, 4) is 0 Å². The van der Waals surface area contributed by atoms with Gasteiger partial charge in [0.05, 0.1) is 22.5 Å². The number of anilines is 2. The summed E-state index contributed by atoms with van der Waals surface area (Å²) in [4.78, 5) is 13.4. The van der Waals surface area contributed by atoms with E-state index in [0.717, 1.165) is 31.6 Å². The van der Waals surface area contributed by atoms with Crippen LogP contribution in [0.3, 0.4) is 0 Å². The number of aliphatic hydroxyl groups is 1. The minimum atomic E-state index is -0.620. The van der Waals surface area contributed by atoms with E-state index in [1.165, 1.54) is 0 Å². The molecule has 104 valence electrons. The lowest BCUT2D eigenvalue weighted by Gasteiger charge is -2.26. The molecule has 1 saturated heterocycles. The van der Waals surface area contributed by atoms with Gasteiger partial charge in [-0.3, -0.25) is 4.79 Å². The Morgan fingerprint density at radius 1 is 1.37 bits per heavy atom. The van der Waals surface area contributed by atoms with Gasteiger partial charge in [0, 0.05) is 13.1 Å². The monoisotopic (exact) mass is 263 g/mol. The number of rotatable bonds is 2. The first kappa shape index (κ1) is 13.7. The standard InChI is InChI=1S/C14H21N3O2/c1-14(19)6-3-8-17(9-7-14)11-5-2-4-10(12(11)15)13(16)18/h2,4-5,19H,3,6-9,15H2,1H3,(H2,16,18). The number of carbonyl (C=O) groups is 1. The largest absolute Gasteiger partial charge is 0.396 e. The second kappa shape index (κ2) is 5.09. The average Bonchev–Trinajstić information content (AvgIpc) is 2.50. The lowest BCUT2D eigenvalue weighted by Crippen LogP contribution is -2.29. The molecular weight excluding hydrogens is 242 g/mol. The SMILES string of the molecule is CC1(O)CCCN(c2cccc(C(N)=O)c2N)CC1. The lowest BCUT2D eigenvalue weighted by atomic mass is 9.98. The predicted molar refractivity (Wildman–Crippen MR) is 76.1 cm³/mol. The minimum Gasteiger partial charge on any atom is -0.396 e. The second-order valence-electron chi connectivity index (χ2n) is 5.44. The Hall–Kier alpha value is -1.75. The van der Waals surface area contributed by atoms with Crippen molar-refractivity contribution in [2.75, 3.05) is 23.7 Å². The summed E-state index contributed by atoms with van der Waals surface area (Å²) in [7, 11) is 0. The van der Waals surface area contributed by atoms with Crippen molar-refractivity contribution < 1.29 is 9.90 Å². The van der Waals surface area contributed by atoms with Gasteiger partial charge in [-0.25, -0.2) is 0 Å². The Bertz CT molecular complexity index is 486. The summed E-state index contributed by atoms with van der Waals surface area (Å²) in [6.07, 6.45) is 2.36. The van der Waals surface area contributed by atoms with Crippen LogP contribution in [0.25, 0.3) is 0 Å². The number of amides is 1. The van der Waals surface area contributed by atoms with Crippen LogP contribution in [0, 0.1) is 0 Å². The molecule has 0 spiro atoms. The van der Waals surface area contributed by atoms with Gasteiger partial charge >= 0.3 is 0 Å². The molecule has 5 N–H and O–H groups in total. The molecule has 19 heavy (non-hydrogen) atoms. The van der Waals surface area contributed by atoms with Gasteiger partial charge < -0.3 is 21.5 Å². The summed E-state index contributed by atoms with van der Waals surface area (Å²) in [5, 5.41) is 10.1. The van der Waals surface area contributed by atoms with E-state index in [4.69, 9.17) is 11.5 Å². The van der Waals surface area contributed by atoms with Gasteiger partial charge in [0.25, 0.3) is 5.91 Å². The molecule has 1 atom stereocenters. The third-order valence-electron chi connectivity index (χ3n) is 3.75. The maximum atomic E-state index is 11.3. The number of nitrogen functional groups attached to an aromatic ring is 1. The summed E-state index contributed by atoms with van der Waals surface area (Å²) in [6.45, 7) is 3.40. The van der Waals surface area contributed by atoms with Crippen LogP contribution in [0.5, 0.6) is 0 Å². The average molecular weight is 263 g/mol. The van der Waals surface area contributed by atoms with Gasteiger partial charge in [0.2, 0.25) is 0 Å². The van der Waals surface area contributed by atoms with E-state index >= 15 is 0 Å². The molecule has 5 heteroatoms. The zero-order chi connectivity index (χ0) is 14.0. The Morgan fingerprint density at radius 3 is 2.79 bits per heavy atom. The van der Waals surface area contributed by atoms with Crippen LogP contribution < -0.4 is 16.4 Å². The third kappa shape index (κ3) is 2.98. The number of nitrogens with two attached hydrogens (primary N) is 2. The van der Waals surface area contributed by atoms with E-state index in [-0.39, 0.29) is 0 Å². The lowest BCUT2D eigenvalue weighted by molar-refractivity contribution is 0.0481. The van der Waals surface area contributed by atoms with Gasteiger partial charge in [-0.15, -0.1) is 0 Å². The molecular formula is C14H21N3O2. The summed E-state index contributed by atoms with van der Waals surface area (Å²) in [5.41, 5.74) is 12.3. The zero-order valence-corrected chi connectivity index (χ0v) is 11.2. The molecule has 1 aliphatic heterocycles. The van der Waals surface area contributed by atoms with Crippen molar-refractivity contribution >= 4 is 17.3 Å². The zero-order valence-electron chi connectivity index (χ0n) is 11.2. The van der Waals surface area contributed by atoms with Crippen LogP contribution >= 0.6 is 0 Å². The third-order valence-corrected chi connectivity index (χ3v) is 3.75. The fourth-order valence-corrected chi connectivity index (χ4v) is 2.55. The van der Waals surface area contributed by atoms with Gasteiger partial charge in [0.1, 0.15) is 0 Å². The fourth-order valence-electron chi connectivity index (χ4n) is 2.55. The molecule has 1 aliphatic rings. The Kier molecular flexibility index (Phi) is 3.66. The molecule has 0 bridgehead atoms. The highest BCUT2D eigenvalue weighted by molar-refractivity contribution is 6.00. The number of hydrogen-bond acceptors (Lipinski definition) is 4. The van der Waals surface area contributed by atoms with E-state index in [9.17, 15) is 9.90 Å². The summed E-state index contributed by atoms with van der Waals surface area (Å²) >= 11 is 0. The van der Waals surface area contributed by atoms with Gasteiger partial charge in [-0.1, -0.05) is 6.07 Å². The molecule has 1 amide bonds. The van der Waals surface area contributed by atoms with Crippen LogP contribution in [0.4, 0.5) is 11.4 Å². The molecule has 1 fully saturated rings. The summed E-state index contributed by atoms with van der Waals surface area (Å²) in [5.74, 6) is -0.513.